The molecule has 1 saturated heterocycles. The summed E-state index contributed by atoms with van der Waals surface area (Å²) in [5.41, 5.74) is 4.47. The molecule has 0 aromatic rings. The van der Waals surface area contributed by atoms with Crippen LogP contribution in [0.3, 0.4) is 0 Å². The molecule has 7 heteroatoms. The van der Waals surface area contributed by atoms with Gasteiger partial charge in [-0.15, -0.1) is 0 Å². The first-order valence-corrected chi connectivity index (χ1v) is 6.52. The van der Waals surface area contributed by atoms with Crippen molar-refractivity contribution in [2.45, 2.75) is 26.9 Å². The highest BCUT2D eigenvalue weighted by Gasteiger charge is 2.33. The summed E-state index contributed by atoms with van der Waals surface area (Å²) >= 11 is 0. The van der Waals surface area contributed by atoms with Crippen LogP contribution in [0.5, 0.6) is 0 Å². The smallest absolute Gasteiger partial charge is 0.233 e. The van der Waals surface area contributed by atoms with E-state index in [2.05, 4.69) is 22.3 Å². The van der Waals surface area contributed by atoms with Gasteiger partial charge in [0.05, 0.1) is 12.7 Å². The molecule has 0 radical (unpaired) electrons. The largest absolute Gasteiger partial charge is 0.409 e. The van der Waals surface area contributed by atoms with Crippen LogP contribution in [0.1, 0.15) is 20.8 Å². The maximum Gasteiger partial charge on any atom is 0.233 e. The highest BCUT2D eigenvalue weighted by atomic mass is 16.5. The third kappa shape index (κ3) is 4.07. The molecule has 1 unspecified atom stereocenters. The van der Waals surface area contributed by atoms with Crippen molar-refractivity contribution in [2.24, 2.45) is 16.3 Å². The molecular weight excluding hydrogens is 248 g/mol. The second-order valence-electron chi connectivity index (χ2n) is 5.21. The third-order valence-electron chi connectivity index (χ3n) is 3.48. The Labute approximate surface area is 113 Å². The minimum absolute atomic E-state index is 0.0132. The van der Waals surface area contributed by atoms with Crippen LogP contribution >= 0.6 is 0 Å². The molecule has 110 valence electrons. The van der Waals surface area contributed by atoms with Crippen molar-refractivity contribution >= 4 is 11.7 Å². The highest BCUT2D eigenvalue weighted by molar-refractivity contribution is 6.05. The average Bonchev–Trinajstić information content (AvgIpc) is 2.43. The Bertz CT molecular complexity index is 344. The molecule has 1 fully saturated rings. The Morgan fingerprint density at radius 2 is 2.32 bits per heavy atom. The first kappa shape index (κ1) is 15.7. The predicted molar refractivity (Wildman–Crippen MR) is 72.1 cm³/mol. The molecule has 0 aromatic carbocycles. The van der Waals surface area contributed by atoms with E-state index in [9.17, 15) is 4.79 Å². The van der Waals surface area contributed by atoms with Crippen molar-refractivity contribution in [3.05, 3.63) is 0 Å². The number of hydrogen-bond donors (Lipinski definition) is 3. The fourth-order valence-corrected chi connectivity index (χ4v) is 1.86. The number of morpholine rings is 1. The van der Waals surface area contributed by atoms with Gasteiger partial charge < -0.3 is 21.0 Å². The minimum atomic E-state index is -1.03. The van der Waals surface area contributed by atoms with Crippen molar-refractivity contribution in [1.82, 2.24) is 10.2 Å². The molecule has 0 aromatic heterocycles. The standard InChI is InChI=1S/C12H24N4O3/c1-4-16-5-6-19-9(8-16)7-14-11(17)12(2,3)10(13)15-18/h9,18H,4-8H2,1-3H3,(H2,13,15)(H,14,17). The van der Waals surface area contributed by atoms with Crippen LogP contribution in [0.15, 0.2) is 5.16 Å². The van der Waals surface area contributed by atoms with Crippen molar-refractivity contribution in [3.8, 4) is 0 Å². The van der Waals surface area contributed by atoms with Gasteiger partial charge in [0, 0.05) is 19.6 Å². The molecular formula is C12H24N4O3. The van der Waals surface area contributed by atoms with Crippen LogP contribution in [0.4, 0.5) is 0 Å². The summed E-state index contributed by atoms with van der Waals surface area (Å²) in [5, 5.41) is 14.3. The van der Waals surface area contributed by atoms with Gasteiger partial charge in [0.2, 0.25) is 5.91 Å². The second kappa shape index (κ2) is 6.72. The van der Waals surface area contributed by atoms with Crippen LogP contribution < -0.4 is 11.1 Å². The van der Waals surface area contributed by atoms with Gasteiger partial charge in [0.1, 0.15) is 5.41 Å². The molecule has 0 bridgehead atoms. The normalized spacial score (nSPS) is 22.3. The lowest BCUT2D eigenvalue weighted by Crippen LogP contribution is -2.51. The third-order valence-corrected chi connectivity index (χ3v) is 3.48. The maximum absolute atomic E-state index is 12.0. The lowest BCUT2D eigenvalue weighted by atomic mass is 9.91. The zero-order valence-electron chi connectivity index (χ0n) is 11.8. The molecule has 19 heavy (non-hydrogen) atoms. The average molecular weight is 272 g/mol. The molecule has 0 aliphatic carbocycles. The van der Waals surface area contributed by atoms with E-state index in [1.807, 2.05) is 0 Å². The molecule has 7 nitrogen and oxygen atoms in total. The fraction of sp³-hybridized carbons (Fsp3) is 0.833. The summed E-state index contributed by atoms with van der Waals surface area (Å²) in [4.78, 5) is 14.3. The number of likely N-dealkylation sites (N-methyl/N-ethyl adjacent to an activating group) is 1. The number of hydrogen-bond acceptors (Lipinski definition) is 5. The van der Waals surface area contributed by atoms with E-state index in [4.69, 9.17) is 15.7 Å². The zero-order valence-corrected chi connectivity index (χ0v) is 11.8. The van der Waals surface area contributed by atoms with Gasteiger partial charge in [-0.1, -0.05) is 12.1 Å². The Morgan fingerprint density at radius 1 is 1.63 bits per heavy atom. The van der Waals surface area contributed by atoms with Crippen LogP contribution in [0.25, 0.3) is 0 Å². The molecule has 1 rings (SSSR count). The van der Waals surface area contributed by atoms with E-state index in [0.29, 0.717) is 13.2 Å². The van der Waals surface area contributed by atoms with Gasteiger partial charge in [-0.2, -0.15) is 0 Å². The topological polar surface area (TPSA) is 100 Å². The van der Waals surface area contributed by atoms with E-state index >= 15 is 0 Å². The van der Waals surface area contributed by atoms with Gasteiger partial charge >= 0.3 is 0 Å². The van der Waals surface area contributed by atoms with Gasteiger partial charge in [0.25, 0.3) is 0 Å². The minimum Gasteiger partial charge on any atom is -0.409 e. The van der Waals surface area contributed by atoms with Crippen LogP contribution in [-0.2, 0) is 9.53 Å². The number of amidine groups is 1. The molecule has 1 heterocycles. The second-order valence-corrected chi connectivity index (χ2v) is 5.21. The quantitative estimate of drug-likeness (QED) is 0.273. The summed E-state index contributed by atoms with van der Waals surface area (Å²) in [6.45, 7) is 9.13. The lowest BCUT2D eigenvalue weighted by molar-refractivity contribution is -0.127. The summed E-state index contributed by atoms with van der Waals surface area (Å²) in [6, 6.07) is 0. The SMILES string of the molecule is CCN1CCOC(CNC(=O)C(C)(C)C(N)=NO)C1. The van der Waals surface area contributed by atoms with Crippen molar-refractivity contribution in [3.63, 3.8) is 0 Å². The van der Waals surface area contributed by atoms with E-state index in [0.717, 1.165) is 19.6 Å². The number of nitrogens with zero attached hydrogens (tertiary/aromatic N) is 2. The Hall–Kier alpha value is -1.34. The number of oxime groups is 1. The zero-order chi connectivity index (χ0) is 14.5. The Kier molecular flexibility index (Phi) is 5.56. The van der Waals surface area contributed by atoms with E-state index in [1.165, 1.54) is 0 Å². The predicted octanol–water partition coefficient (Wildman–Crippen LogP) is -0.404. The van der Waals surface area contributed by atoms with Gasteiger partial charge in [-0.3, -0.25) is 9.69 Å². The van der Waals surface area contributed by atoms with Crippen LogP contribution in [-0.4, -0.2) is 60.7 Å². The maximum atomic E-state index is 12.0. The number of rotatable bonds is 5. The van der Waals surface area contributed by atoms with Crippen molar-refractivity contribution in [2.75, 3.05) is 32.8 Å². The first-order chi connectivity index (χ1) is 8.91. The number of amides is 1. The van der Waals surface area contributed by atoms with Crippen LogP contribution in [0, 0.1) is 5.41 Å². The summed E-state index contributed by atoms with van der Waals surface area (Å²) in [7, 11) is 0. The number of nitrogens with one attached hydrogen (secondary N) is 1. The van der Waals surface area contributed by atoms with Gasteiger partial charge in [-0.05, 0) is 20.4 Å². The van der Waals surface area contributed by atoms with Gasteiger partial charge in [-0.25, -0.2) is 0 Å². The summed E-state index contributed by atoms with van der Waals surface area (Å²) in [6.07, 6.45) is -0.0132. The molecule has 1 amide bonds. The summed E-state index contributed by atoms with van der Waals surface area (Å²) in [5.74, 6) is -0.384. The molecule has 0 saturated carbocycles. The highest BCUT2D eigenvalue weighted by Crippen LogP contribution is 2.15. The van der Waals surface area contributed by atoms with Crippen LogP contribution in [0.2, 0.25) is 0 Å². The Balaban J connectivity index is 2.46. The number of carbonyl (C=O) groups is 1. The monoisotopic (exact) mass is 272 g/mol. The first-order valence-electron chi connectivity index (χ1n) is 6.52. The van der Waals surface area contributed by atoms with E-state index in [-0.39, 0.29) is 17.8 Å². The summed E-state index contributed by atoms with van der Waals surface area (Å²) < 4.78 is 5.59. The lowest BCUT2D eigenvalue weighted by Gasteiger charge is -2.32. The van der Waals surface area contributed by atoms with Gasteiger partial charge in [0.15, 0.2) is 5.84 Å². The van der Waals surface area contributed by atoms with E-state index < -0.39 is 5.41 Å². The van der Waals surface area contributed by atoms with E-state index in [1.54, 1.807) is 13.8 Å². The molecule has 0 spiro atoms. The Morgan fingerprint density at radius 3 is 2.89 bits per heavy atom. The molecule has 1 aliphatic heterocycles. The number of ether oxygens (including phenoxy) is 1. The number of carbonyl (C=O) groups excluding carboxylic acids is 1. The molecule has 1 atom stereocenters. The van der Waals surface area contributed by atoms with Crippen molar-refractivity contribution < 1.29 is 14.7 Å². The number of nitrogens with two attached hydrogens (primary N) is 1. The molecule has 4 N–H and O–H groups in total. The molecule has 1 aliphatic rings. The fourth-order valence-electron chi connectivity index (χ4n) is 1.86. The van der Waals surface area contributed by atoms with Crippen molar-refractivity contribution in [1.29, 1.82) is 0 Å².